The van der Waals surface area contributed by atoms with Gasteiger partial charge in [0.15, 0.2) is 0 Å². The molecule has 0 saturated carbocycles. The van der Waals surface area contributed by atoms with Crippen LogP contribution in [0.5, 0.6) is 23.0 Å². The first kappa shape index (κ1) is 34.2. The van der Waals surface area contributed by atoms with Crippen LogP contribution in [-0.2, 0) is 20.1 Å². The molecule has 7 aromatic rings. The molecule has 2 aliphatic rings. The molecule has 251 valence electrons. The number of benzene rings is 5. The Hall–Kier alpha value is -5.29. The Balaban J connectivity index is 0.000000245. The molecule has 51 heavy (non-hydrogen) atoms. The molecule has 6 heteroatoms. The molecular formula is C45H35BIrN2O2-2. The molecule has 9 rings (SSSR count). The molecule has 0 N–H and O–H groups in total. The van der Waals surface area contributed by atoms with Crippen LogP contribution in [0.2, 0.25) is 0 Å². The topological polar surface area (TPSA) is 44.2 Å². The van der Waals surface area contributed by atoms with Gasteiger partial charge in [-0.15, -0.1) is 48.0 Å². The molecule has 0 atom stereocenters. The van der Waals surface area contributed by atoms with E-state index in [1.165, 1.54) is 33.4 Å². The predicted octanol–water partition coefficient (Wildman–Crippen LogP) is 9.03. The zero-order valence-electron chi connectivity index (χ0n) is 29.2. The Morgan fingerprint density at radius 1 is 0.588 bits per heavy atom. The molecular weight excluding hydrogens is 804 g/mol. The third-order valence-electron chi connectivity index (χ3n) is 9.47. The molecule has 4 heterocycles. The first-order chi connectivity index (χ1) is 24.4. The van der Waals surface area contributed by atoms with Crippen LogP contribution < -0.4 is 25.9 Å². The number of rotatable bonds is 3. The summed E-state index contributed by atoms with van der Waals surface area (Å²) in [6.07, 6.45) is 3.83. The van der Waals surface area contributed by atoms with E-state index in [9.17, 15) is 0 Å². The second-order valence-electron chi connectivity index (χ2n) is 13.1. The van der Waals surface area contributed by atoms with Crippen molar-refractivity contribution in [2.45, 2.75) is 34.6 Å². The molecule has 0 spiro atoms. The van der Waals surface area contributed by atoms with Gasteiger partial charge in [-0.2, -0.15) is 0 Å². The van der Waals surface area contributed by atoms with E-state index in [0.29, 0.717) is 0 Å². The van der Waals surface area contributed by atoms with Crippen LogP contribution in [0.15, 0.2) is 122 Å². The molecule has 1 radical (unpaired) electrons. The number of para-hydroxylation sites is 2. The van der Waals surface area contributed by atoms with Crippen molar-refractivity contribution < 1.29 is 29.6 Å². The standard InChI is InChI=1S/C33H25BNO2.C12H10N.Ir/c1-19-15-20(2)31(21(3)16-19)24-17-27(35-18-22(24)4)23-13-14-30-32-33(23)37-29-12-8-6-10-26(29)34(32)25-9-5-7-11-28(25)36-30;1-10-7-8-12(13-9-10)11-5-3-2-4-6-11;/h5-12,14-18H,1-4H3;2-5,7-9H,1H3;/q2*-1;. The van der Waals surface area contributed by atoms with Gasteiger partial charge in [0, 0.05) is 44.0 Å². The third-order valence-corrected chi connectivity index (χ3v) is 9.47. The van der Waals surface area contributed by atoms with Crippen molar-refractivity contribution in [3.8, 4) is 56.6 Å². The van der Waals surface area contributed by atoms with Crippen molar-refractivity contribution in [3.63, 3.8) is 0 Å². The van der Waals surface area contributed by atoms with Crippen LogP contribution in [0.25, 0.3) is 33.6 Å². The zero-order valence-corrected chi connectivity index (χ0v) is 31.6. The van der Waals surface area contributed by atoms with Gasteiger partial charge in [0.05, 0.1) is 0 Å². The SMILES string of the molecule is Cc1cc(C)c(-c2cc(-c3[c-]cc4c5c3Oc3ccccc3B5c3ccccc3O4)ncc2C)c(C)c1.Cc1ccc(-c2[c-]cccc2)nc1.[Ir]. The summed E-state index contributed by atoms with van der Waals surface area (Å²) in [5, 5.41) is 0. The second kappa shape index (κ2) is 14.1. The number of pyridine rings is 2. The Labute approximate surface area is 314 Å². The average Bonchev–Trinajstić information content (AvgIpc) is 3.13. The van der Waals surface area contributed by atoms with Crippen LogP contribution in [-0.4, -0.2) is 16.7 Å². The monoisotopic (exact) mass is 839 g/mol. The van der Waals surface area contributed by atoms with Crippen LogP contribution in [0.3, 0.4) is 0 Å². The fourth-order valence-electron chi connectivity index (χ4n) is 7.23. The third kappa shape index (κ3) is 6.42. The second-order valence-corrected chi connectivity index (χ2v) is 13.1. The maximum absolute atomic E-state index is 6.61. The summed E-state index contributed by atoms with van der Waals surface area (Å²) >= 11 is 0. The van der Waals surface area contributed by atoms with Crippen LogP contribution >= 0.6 is 0 Å². The Morgan fingerprint density at radius 2 is 1.25 bits per heavy atom. The van der Waals surface area contributed by atoms with E-state index in [1.54, 1.807) is 0 Å². The quantitative estimate of drug-likeness (QED) is 0.132. The fourth-order valence-corrected chi connectivity index (χ4v) is 7.23. The first-order valence-electron chi connectivity index (χ1n) is 16.9. The van der Waals surface area contributed by atoms with Crippen molar-refractivity contribution in [1.82, 2.24) is 9.97 Å². The molecule has 2 aromatic heterocycles. The Bertz CT molecular complexity index is 2360. The fraction of sp³-hybridized carbons (Fsp3) is 0.111. The summed E-state index contributed by atoms with van der Waals surface area (Å²) < 4.78 is 13.0. The molecule has 0 saturated heterocycles. The molecule has 0 amide bonds. The number of nitrogens with zero attached hydrogens (tertiary/aromatic N) is 2. The first-order valence-corrected chi connectivity index (χ1v) is 16.9. The Morgan fingerprint density at radius 3 is 1.92 bits per heavy atom. The summed E-state index contributed by atoms with van der Waals surface area (Å²) in [7, 11) is 0. The van der Waals surface area contributed by atoms with Gasteiger partial charge in [-0.05, 0) is 102 Å². The minimum absolute atomic E-state index is 0. The van der Waals surface area contributed by atoms with E-state index in [2.05, 4.69) is 93.3 Å². The molecule has 0 aliphatic carbocycles. The Kier molecular flexibility index (Phi) is 9.48. The van der Waals surface area contributed by atoms with E-state index >= 15 is 0 Å². The molecule has 5 aromatic carbocycles. The van der Waals surface area contributed by atoms with Crippen LogP contribution in [0, 0.1) is 46.8 Å². The normalized spacial score (nSPS) is 11.7. The number of hydrogen-bond donors (Lipinski definition) is 0. The number of fused-ring (bicyclic) bond motifs is 4. The van der Waals surface area contributed by atoms with Gasteiger partial charge in [-0.3, -0.25) is 0 Å². The van der Waals surface area contributed by atoms with Crippen molar-refractivity contribution in [2.24, 2.45) is 0 Å². The van der Waals surface area contributed by atoms with Crippen molar-refractivity contribution in [3.05, 3.63) is 162 Å². The maximum atomic E-state index is 6.61. The van der Waals surface area contributed by atoms with E-state index < -0.39 is 0 Å². The molecule has 2 aliphatic heterocycles. The van der Waals surface area contributed by atoms with Crippen molar-refractivity contribution in [1.29, 1.82) is 0 Å². The van der Waals surface area contributed by atoms with Gasteiger partial charge in [0.25, 0.3) is 0 Å². The van der Waals surface area contributed by atoms with Crippen LogP contribution in [0.1, 0.15) is 27.8 Å². The van der Waals surface area contributed by atoms with Gasteiger partial charge >= 0.3 is 0 Å². The van der Waals surface area contributed by atoms with Crippen LogP contribution in [0.4, 0.5) is 0 Å². The predicted molar refractivity (Wildman–Crippen MR) is 204 cm³/mol. The number of hydrogen-bond acceptors (Lipinski definition) is 4. The summed E-state index contributed by atoms with van der Waals surface area (Å²) in [6.45, 7) is 10.7. The minimum atomic E-state index is 0. The van der Waals surface area contributed by atoms with Gasteiger partial charge < -0.3 is 19.4 Å². The van der Waals surface area contributed by atoms with E-state index in [-0.39, 0.29) is 26.8 Å². The van der Waals surface area contributed by atoms with Crippen molar-refractivity contribution in [2.75, 3.05) is 0 Å². The summed E-state index contributed by atoms with van der Waals surface area (Å²) in [5.41, 5.74) is 15.6. The number of aromatic nitrogens is 2. The summed E-state index contributed by atoms with van der Waals surface area (Å²) in [5.74, 6) is 3.30. The number of ether oxygens (including phenoxy) is 2. The van der Waals surface area contributed by atoms with E-state index in [1.807, 2.05) is 80.0 Å². The summed E-state index contributed by atoms with van der Waals surface area (Å²) in [4.78, 5) is 9.18. The summed E-state index contributed by atoms with van der Waals surface area (Å²) in [6, 6.07) is 43.7. The van der Waals surface area contributed by atoms with Crippen molar-refractivity contribution >= 4 is 23.1 Å². The molecule has 0 fully saturated rings. The number of aryl methyl sites for hydroxylation is 5. The average molecular weight is 839 g/mol. The van der Waals surface area contributed by atoms with E-state index in [4.69, 9.17) is 14.5 Å². The minimum Gasteiger partial charge on any atom is -0.503 e. The largest absolute Gasteiger partial charge is 0.503 e. The van der Waals surface area contributed by atoms with Gasteiger partial charge in [0.1, 0.15) is 11.5 Å². The molecule has 0 bridgehead atoms. The van der Waals surface area contributed by atoms with Gasteiger partial charge in [-0.25, -0.2) is 0 Å². The van der Waals surface area contributed by atoms with E-state index in [0.717, 1.165) is 67.5 Å². The maximum Gasteiger partial charge on any atom is 0.239 e. The zero-order chi connectivity index (χ0) is 34.4. The van der Waals surface area contributed by atoms with Gasteiger partial charge in [-0.1, -0.05) is 83.3 Å². The molecule has 0 unspecified atom stereocenters. The molecule has 4 nitrogen and oxygen atoms in total. The smallest absolute Gasteiger partial charge is 0.239 e. The van der Waals surface area contributed by atoms with Gasteiger partial charge in [0.2, 0.25) is 6.71 Å².